The van der Waals surface area contributed by atoms with E-state index in [4.69, 9.17) is 5.26 Å². The van der Waals surface area contributed by atoms with Gasteiger partial charge in [0.2, 0.25) is 5.91 Å². The number of nitrogens with one attached hydrogen (secondary N) is 1. The summed E-state index contributed by atoms with van der Waals surface area (Å²) in [6, 6.07) is 6.65. The number of benzene rings is 1. The Kier molecular flexibility index (Phi) is 4.93. The lowest BCUT2D eigenvalue weighted by molar-refractivity contribution is -0.137. The van der Waals surface area contributed by atoms with Crippen LogP contribution in [0.2, 0.25) is 0 Å². The normalized spacial score (nSPS) is 12.6. The second-order valence-electron chi connectivity index (χ2n) is 4.18. The maximum absolute atomic E-state index is 12.5. The van der Waals surface area contributed by atoms with E-state index in [1.54, 1.807) is 19.1 Å². The molecule has 0 aliphatic heterocycles. The molecule has 1 unspecified atom stereocenters. The van der Waals surface area contributed by atoms with Crippen LogP contribution in [0.3, 0.4) is 0 Å². The number of carbonyl (C=O) groups is 1. The van der Waals surface area contributed by atoms with Gasteiger partial charge in [0, 0.05) is 5.92 Å². The highest BCUT2D eigenvalue weighted by Crippen LogP contribution is 2.29. The maximum atomic E-state index is 12.5. The van der Waals surface area contributed by atoms with Crippen LogP contribution in [-0.4, -0.2) is 12.5 Å². The Morgan fingerprint density at radius 3 is 2.74 bits per heavy atom. The Hall–Kier alpha value is -2.03. The second-order valence-corrected chi connectivity index (χ2v) is 4.18. The molecule has 0 heterocycles. The molecule has 1 aromatic carbocycles. The van der Waals surface area contributed by atoms with Crippen LogP contribution in [0.1, 0.15) is 18.1 Å². The Morgan fingerprint density at radius 1 is 1.47 bits per heavy atom. The molecular weight excluding hydrogens is 257 g/mol. The number of alkyl halides is 3. The van der Waals surface area contributed by atoms with Crippen molar-refractivity contribution in [3.05, 3.63) is 35.4 Å². The molecule has 1 aromatic rings. The van der Waals surface area contributed by atoms with E-state index in [2.05, 4.69) is 5.32 Å². The molecule has 0 aromatic heterocycles. The van der Waals surface area contributed by atoms with E-state index >= 15 is 0 Å². The zero-order chi connectivity index (χ0) is 14.5. The first-order chi connectivity index (χ1) is 8.84. The number of nitriles is 1. The van der Waals surface area contributed by atoms with Crippen molar-refractivity contribution in [2.75, 3.05) is 6.54 Å². The quantitative estimate of drug-likeness (QED) is 0.855. The Labute approximate surface area is 109 Å². The molecule has 0 fully saturated rings. The third-order valence-electron chi connectivity index (χ3n) is 2.59. The van der Waals surface area contributed by atoms with Crippen molar-refractivity contribution in [3.63, 3.8) is 0 Å². The fourth-order valence-electron chi connectivity index (χ4n) is 1.62. The molecule has 1 atom stereocenters. The second kappa shape index (κ2) is 6.23. The monoisotopic (exact) mass is 270 g/mol. The van der Waals surface area contributed by atoms with E-state index in [1.165, 1.54) is 6.07 Å². The first-order valence-corrected chi connectivity index (χ1v) is 5.65. The van der Waals surface area contributed by atoms with Crippen molar-refractivity contribution in [2.24, 2.45) is 5.92 Å². The van der Waals surface area contributed by atoms with Crippen LogP contribution in [0.25, 0.3) is 0 Å². The largest absolute Gasteiger partial charge is 0.416 e. The lowest BCUT2D eigenvalue weighted by atomic mass is 9.98. The summed E-state index contributed by atoms with van der Waals surface area (Å²) >= 11 is 0. The van der Waals surface area contributed by atoms with Gasteiger partial charge in [0.1, 0.15) is 6.54 Å². The van der Waals surface area contributed by atoms with Gasteiger partial charge in [0.15, 0.2) is 0 Å². The fourth-order valence-corrected chi connectivity index (χ4v) is 1.62. The lowest BCUT2D eigenvalue weighted by Gasteiger charge is -2.12. The number of carbonyl (C=O) groups excluding carboxylic acids is 1. The highest BCUT2D eigenvalue weighted by atomic mass is 19.4. The summed E-state index contributed by atoms with van der Waals surface area (Å²) in [5.74, 6) is -0.837. The molecule has 3 nitrogen and oxygen atoms in total. The third-order valence-corrected chi connectivity index (χ3v) is 2.59. The first-order valence-electron chi connectivity index (χ1n) is 5.65. The number of hydrogen-bond acceptors (Lipinski definition) is 2. The summed E-state index contributed by atoms with van der Waals surface area (Å²) in [6.07, 6.45) is -4.19. The summed E-state index contributed by atoms with van der Waals surface area (Å²) < 4.78 is 37.5. The fraction of sp³-hybridized carbons (Fsp3) is 0.385. The number of rotatable bonds is 4. The zero-order valence-electron chi connectivity index (χ0n) is 10.3. The minimum absolute atomic E-state index is 0.105. The van der Waals surface area contributed by atoms with E-state index in [9.17, 15) is 18.0 Å². The van der Waals surface area contributed by atoms with E-state index in [-0.39, 0.29) is 18.9 Å². The number of amides is 1. The summed E-state index contributed by atoms with van der Waals surface area (Å²) in [7, 11) is 0. The average Bonchev–Trinajstić information content (AvgIpc) is 2.35. The number of hydrogen-bond donors (Lipinski definition) is 1. The molecule has 102 valence electrons. The van der Waals surface area contributed by atoms with Gasteiger partial charge in [-0.25, -0.2) is 0 Å². The molecule has 0 bridgehead atoms. The van der Waals surface area contributed by atoms with Gasteiger partial charge < -0.3 is 5.32 Å². The van der Waals surface area contributed by atoms with Crippen LogP contribution in [0.5, 0.6) is 0 Å². The van der Waals surface area contributed by atoms with Gasteiger partial charge in [0.05, 0.1) is 11.6 Å². The van der Waals surface area contributed by atoms with Gasteiger partial charge in [-0.05, 0) is 18.1 Å². The van der Waals surface area contributed by atoms with E-state index < -0.39 is 17.7 Å². The highest BCUT2D eigenvalue weighted by Gasteiger charge is 2.30. The van der Waals surface area contributed by atoms with Crippen molar-refractivity contribution in [1.82, 2.24) is 5.32 Å². The average molecular weight is 270 g/mol. The van der Waals surface area contributed by atoms with Gasteiger partial charge in [0.25, 0.3) is 0 Å². The lowest BCUT2D eigenvalue weighted by Crippen LogP contribution is -2.30. The summed E-state index contributed by atoms with van der Waals surface area (Å²) in [4.78, 5) is 11.5. The molecule has 1 amide bonds. The smallest absolute Gasteiger partial charge is 0.343 e. The molecule has 0 aliphatic carbocycles. The summed E-state index contributed by atoms with van der Waals surface area (Å²) in [5.41, 5.74) is -0.288. The van der Waals surface area contributed by atoms with Crippen molar-refractivity contribution in [1.29, 1.82) is 5.26 Å². The van der Waals surface area contributed by atoms with Gasteiger partial charge in [-0.2, -0.15) is 18.4 Å². The van der Waals surface area contributed by atoms with Crippen LogP contribution in [-0.2, 0) is 17.4 Å². The topological polar surface area (TPSA) is 52.9 Å². The van der Waals surface area contributed by atoms with Gasteiger partial charge in [-0.3, -0.25) is 4.79 Å². The summed E-state index contributed by atoms with van der Waals surface area (Å²) in [5, 5.41) is 10.7. The third kappa shape index (κ3) is 4.62. The van der Waals surface area contributed by atoms with Crippen molar-refractivity contribution in [2.45, 2.75) is 19.5 Å². The zero-order valence-corrected chi connectivity index (χ0v) is 10.3. The van der Waals surface area contributed by atoms with Gasteiger partial charge in [-0.1, -0.05) is 25.1 Å². The maximum Gasteiger partial charge on any atom is 0.416 e. The molecule has 1 rings (SSSR count). The molecule has 0 saturated heterocycles. The molecule has 0 radical (unpaired) electrons. The van der Waals surface area contributed by atoms with Crippen LogP contribution in [0, 0.1) is 17.2 Å². The molecule has 1 N–H and O–H groups in total. The van der Waals surface area contributed by atoms with Gasteiger partial charge in [-0.15, -0.1) is 0 Å². The van der Waals surface area contributed by atoms with Crippen molar-refractivity contribution >= 4 is 5.91 Å². The van der Waals surface area contributed by atoms with Crippen LogP contribution < -0.4 is 5.32 Å². The predicted molar refractivity (Wildman–Crippen MR) is 62.9 cm³/mol. The standard InChI is InChI=1S/C13H13F3N2O/c1-9(12(19)18-6-5-17)7-10-3-2-4-11(8-10)13(14,15)16/h2-4,8-9H,6-7H2,1H3,(H,18,19). The van der Waals surface area contributed by atoms with E-state index in [0.717, 1.165) is 12.1 Å². The Balaban J connectivity index is 2.72. The van der Waals surface area contributed by atoms with Crippen molar-refractivity contribution < 1.29 is 18.0 Å². The van der Waals surface area contributed by atoms with Crippen LogP contribution >= 0.6 is 0 Å². The minimum Gasteiger partial charge on any atom is -0.343 e. The minimum atomic E-state index is -4.39. The van der Waals surface area contributed by atoms with E-state index in [1.807, 2.05) is 0 Å². The van der Waals surface area contributed by atoms with E-state index in [0.29, 0.717) is 5.56 Å². The Morgan fingerprint density at radius 2 is 2.16 bits per heavy atom. The SMILES string of the molecule is CC(Cc1cccc(C(F)(F)F)c1)C(=O)NCC#N. The summed E-state index contributed by atoms with van der Waals surface area (Å²) in [6.45, 7) is 1.50. The molecule has 19 heavy (non-hydrogen) atoms. The molecular formula is C13H13F3N2O. The highest BCUT2D eigenvalue weighted by molar-refractivity contribution is 5.78. The van der Waals surface area contributed by atoms with Crippen LogP contribution in [0.4, 0.5) is 13.2 Å². The molecule has 0 spiro atoms. The number of halogens is 3. The molecule has 0 aliphatic rings. The molecule has 0 saturated carbocycles. The predicted octanol–water partition coefficient (Wildman–Crippen LogP) is 2.52. The first kappa shape index (κ1) is 15.0. The molecule has 6 heteroatoms. The number of nitrogens with zero attached hydrogens (tertiary/aromatic N) is 1. The Bertz CT molecular complexity index is 491. The van der Waals surface area contributed by atoms with Gasteiger partial charge >= 0.3 is 6.18 Å². The van der Waals surface area contributed by atoms with Crippen molar-refractivity contribution in [3.8, 4) is 6.07 Å². The van der Waals surface area contributed by atoms with Crippen LogP contribution in [0.15, 0.2) is 24.3 Å².